The Morgan fingerprint density at radius 2 is 1.38 bits per heavy atom. The van der Waals surface area contributed by atoms with E-state index in [9.17, 15) is 41.3 Å². The largest absolute Gasteiger partial charge is 0.466 e. The van der Waals surface area contributed by atoms with Crippen molar-refractivity contribution in [3.05, 3.63) is 98.7 Å². The van der Waals surface area contributed by atoms with Gasteiger partial charge in [0.15, 0.2) is 5.60 Å². The first kappa shape index (κ1) is 29.4. The van der Waals surface area contributed by atoms with Crippen molar-refractivity contribution >= 4 is 11.7 Å². The molecule has 1 atom stereocenters. The number of ether oxygens (including phenoxy) is 3. The van der Waals surface area contributed by atoms with Crippen molar-refractivity contribution in [3.8, 4) is 5.88 Å². The molecule has 0 aliphatic heterocycles. The van der Waals surface area contributed by atoms with E-state index in [2.05, 4.69) is 4.98 Å². The molecule has 0 radical (unpaired) electrons. The van der Waals surface area contributed by atoms with Crippen molar-refractivity contribution in [2.24, 2.45) is 0 Å². The second-order valence-corrected chi connectivity index (χ2v) is 8.21. The number of nitro groups is 1. The summed E-state index contributed by atoms with van der Waals surface area (Å²) in [6, 6.07) is 7.68. The molecule has 0 fully saturated rings. The Bertz CT molecular complexity index is 1320. The van der Waals surface area contributed by atoms with Crippen LogP contribution < -0.4 is 4.74 Å². The first-order valence-corrected chi connectivity index (χ1v) is 10.9. The quantitative estimate of drug-likeness (QED) is 0.148. The fraction of sp³-hybridized carbons (Fsp3) is 0.280. The molecule has 0 aliphatic carbocycles. The van der Waals surface area contributed by atoms with Gasteiger partial charge < -0.3 is 14.2 Å². The lowest BCUT2D eigenvalue weighted by atomic mass is 9.79. The molecule has 0 aliphatic rings. The number of hydrogen-bond acceptors (Lipinski definition) is 7. The number of methoxy groups -OCH3 is 2. The van der Waals surface area contributed by atoms with Gasteiger partial charge in [-0.1, -0.05) is 24.3 Å². The minimum Gasteiger partial charge on any atom is -0.466 e. The number of alkyl halides is 6. The van der Waals surface area contributed by atoms with Crippen molar-refractivity contribution in [3.63, 3.8) is 0 Å². The molecule has 0 amide bonds. The highest BCUT2D eigenvalue weighted by molar-refractivity contribution is 5.78. The lowest BCUT2D eigenvalue weighted by Gasteiger charge is -2.38. The third-order valence-electron chi connectivity index (χ3n) is 5.74. The van der Waals surface area contributed by atoms with E-state index in [0.717, 1.165) is 50.7 Å². The summed E-state index contributed by atoms with van der Waals surface area (Å²) in [6.07, 6.45) is -10.8. The zero-order valence-electron chi connectivity index (χ0n) is 20.5. The summed E-state index contributed by atoms with van der Waals surface area (Å²) < 4.78 is 97.8. The van der Waals surface area contributed by atoms with Gasteiger partial charge in [0.1, 0.15) is 0 Å². The summed E-state index contributed by atoms with van der Waals surface area (Å²) in [4.78, 5) is 27.7. The fourth-order valence-corrected chi connectivity index (χ4v) is 3.94. The molecule has 0 saturated heterocycles. The summed E-state index contributed by atoms with van der Waals surface area (Å²) in [5.74, 6) is -2.08. The van der Waals surface area contributed by atoms with Crippen molar-refractivity contribution in [1.29, 1.82) is 0 Å². The number of pyridine rings is 1. The Morgan fingerprint density at radius 3 is 1.79 bits per heavy atom. The maximum atomic E-state index is 13.6. The number of aromatic nitrogens is 1. The van der Waals surface area contributed by atoms with Gasteiger partial charge in [0.05, 0.1) is 23.2 Å². The third-order valence-corrected chi connectivity index (χ3v) is 5.74. The first-order chi connectivity index (χ1) is 18.1. The molecule has 39 heavy (non-hydrogen) atoms. The Kier molecular flexibility index (Phi) is 8.19. The monoisotopic (exact) mass is 558 g/mol. The van der Waals surface area contributed by atoms with E-state index in [0.29, 0.717) is 29.8 Å². The Hall–Kier alpha value is -4.20. The van der Waals surface area contributed by atoms with Gasteiger partial charge in [-0.15, -0.1) is 0 Å². The van der Waals surface area contributed by atoms with E-state index >= 15 is 0 Å². The van der Waals surface area contributed by atoms with E-state index < -0.39 is 68.8 Å². The van der Waals surface area contributed by atoms with Gasteiger partial charge in [-0.2, -0.15) is 26.3 Å². The van der Waals surface area contributed by atoms with E-state index in [-0.39, 0.29) is 0 Å². The summed E-state index contributed by atoms with van der Waals surface area (Å²) in [7, 11) is 1.81. The number of hydrogen-bond donors (Lipinski definition) is 0. The zero-order valence-corrected chi connectivity index (χ0v) is 20.5. The van der Waals surface area contributed by atoms with Gasteiger partial charge in [-0.25, -0.2) is 9.78 Å². The van der Waals surface area contributed by atoms with Crippen LogP contribution in [-0.4, -0.2) is 36.2 Å². The molecular weight excluding hydrogens is 538 g/mol. The zero-order chi connectivity index (χ0) is 29.2. The molecule has 0 N–H and O–H groups in total. The third kappa shape index (κ3) is 5.95. The molecule has 0 saturated carbocycles. The topological polar surface area (TPSA) is 101 Å². The van der Waals surface area contributed by atoms with E-state index in [4.69, 9.17) is 14.2 Å². The van der Waals surface area contributed by atoms with Crippen molar-refractivity contribution < 1.29 is 50.3 Å². The standard InChI is InChI=1S/C25H20F6N2O6/c1-14-10-19(33(35)36)21(32-13-14)39-20(22(34)37-2)23(38-3,15-6-4-8-17(11-15)24(26,27)28)16-7-5-9-18(12-16)25(29,30)31/h4-13,20H,1-3H3. The van der Waals surface area contributed by atoms with Crippen LogP contribution in [0.3, 0.4) is 0 Å². The second-order valence-electron chi connectivity index (χ2n) is 8.21. The number of aryl methyl sites for hydroxylation is 1. The van der Waals surface area contributed by atoms with Gasteiger partial charge in [0.2, 0.25) is 6.10 Å². The van der Waals surface area contributed by atoms with Gasteiger partial charge in [-0.05, 0) is 47.9 Å². The van der Waals surface area contributed by atoms with Crippen LogP contribution in [0.15, 0.2) is 60.8 Å². The molecule has 1 unspecified atom stereocenters. The molecular formula is C25H20F6N2O6. The molecule has 0 bridgehead atoms. The fourth-order valence-electron chi connectivity index (χ4n) is 3.94. The first-order valence-electron chi connectivity index (χ1n) is 10.9. The maximum absolute atomic E-state index is 13.6. The van der Waals surface area contributed by atoms with Crippen molar-refractivity contribution in [2.75, 3.05) is 14.2 Å². The highest BCUT2D eigenvalue weighted by atomic mass is 19.4. The lowest BCUT2D eigenvalue weighted by Crippen LogP contribution is -2.51. The van der Waals surface area contributed by atoms with E-state index in [1.807, 2.05) is 0 Å². The molecule has 208 valence electrons. The van der Waals surface area contributed by atoms with Crippen LogP contribution >= 0.6 is 0 Å². The Labute approximate surface area is 217 Å². The van der Waals surface area contributed by atoms with Gasteiger partial charge in [-0.3, -0.25) is 10.1 Å². The van der Waals surface area contributed by atoms with E-state index in [1.165, 1.54) is 6.92 Å². The predicted molar refractivity (Wildman–Crippen MR) is 123 cm³/mol. The average Bonchev–Trinajstić information content (AvgIpc) is 2.88. The van der Waals surface area contributed by atoms with Crippen LogP contribution in [0.2, 0.25) is 0 Å². The lowest BCUT2D eigenvalue weighted by molar-refractivity contribution is -0.386. The Morgan fingerprint density at radius 1 is 0.897 bits per heavy atom. The summed E-state index contributed by atoms with van der Waals surface area (Å²) in [5.41, 5.74) is -6.27. The predicted octanol–water partition coefficient (Wildman–Crippen LogP) is 5.85. The van der Waals surface area contributed by atoms with E-state index in [1.54, 1.807) is 0 Å². The number of nitrogens with zero attached hydrogens (tertiary/aromatic N) is 2. The highest BCUT2D eigenvalue weighted by Gasteiger charge is 2.52. The number of carbonyl (C=O) groups excluding carboxylic acids is 1. The molecule has 2 aromatic carbocycles. The molecule has 0 spiro atoms. The van der Waals surface area contributed by atoms with Crippen LogP contribution in [0, 0.1) is 17.0 Å². The number of carbonyl (C=O) groups is 1. The normalized spacial score (nSPS) is 13.1. The van der Waals surface area contributed by atoms with Crippen LogP contribution in [0.1, 0.15) is 27.8 Å². The van der Waals surface area contributed by atoms with Crippen molar-refractivity contribution in [2.45, 2.75) is 31.0 Å². The minimum atomic E-state index is -4.89. The Balaban J connectivity index is 2.41. The SMILES string of the molecule is COC(=O)C(Oc1ncc(C)cc1[N+](=O)[O-])C(OC)(c1cccc(C(F)(F)F)c1)c1cccc(C(F)(F)F)c1. The molecule has 8 nitrogen and oxygen atoms in total. The number of halogens is 6. The summed E-state index contributed by atoms with van der Waals surface area (Å²) in [5, 5.41) is 11.7. The molecule has 3 rings (SSSR count). The number of benzene rings is 2. The van der Waals surface area contributed by atoms with Crippen LogP contribution in [0.25, 0.3) is 0 Å². The molecule has 1 heterocycles. The number of rotatable bonds is 8. The maximum Gasteiger partial charge on any atom is 0.416 e. The molecule has 1 aromatic heterocycles. The van der Waals surface area contributed by atoms with Crippen LogP contribution in [0.5, 0.6) is 5.88 Å². The van der Waals surface area contributed by atoms with Crippen LogP contribution in [0.4, 0.5) is 32.0 Å². The smallest absolute Gasteiger partial charge is 0.416 e. The summed E-state index contributed by atoms with van der Waals surface area (Å²) >= 11 is 0. The molecule has 3 aromatic rings. The van der Waals surface area contributed by atoms with Gasteiger partial charge in [0.25, 0.3) is 5.88 Å². The second kappa shape index (κ2) is 10.9. The minimum absolute atomic E-state index is 0.331. The van der Waals surface area contributed by atoms with Crippen molar-refractivity contribution in [1.82, 2.24) is 4.98 Å². The average molecular weight is 558 g/mol. The van der Waals surface area contributed by atoms with Crippen LogP contribution in [-0.2, 0) is 32.2 Å². The highest BCUT2D eigenvalue weighted by Crippen LogP contribution is 2.43. The molecule has 14 heteroatoms. The number of esters is 1. The van der Waals surface area contributed by atoms with Gasteiger partial charge >= 0.3 is 24.0 Å². The van der Waals surface area contributed by atoms with Gasteiger partial charge in [0, 0.05) is 19.4 Å². The summed E-state index contributed by atoms with van der Waals surface area (Å²) in [6.45, 7) is 1.48.